The van der Waals surface area contributed by atoms with Gasteiger partial charge < -0.3 is 9.47 Å². The molecule has 128 valence electrons. The zero-order chi connectivity index (χ0) is 17.4. The lowest BCUT2D eigenvalue weighted by molar-refractivity contribution is 0.0784. The summed E-state index contributed by atoms with van der Waals surface area (Å²) >= 11 is 0. The van der Waals surface area contributed by atoms with Gasteiger partial charge >= 0.3 is 0 Å². The van der Waals surface area contributed by atoms with Crippen molar-refractivity contribution in [2.75, 3.05) is 13.1 Å². The zero-order valence-electron chi connectivity index (χ0n) is 14.6. The Labute approximate surface area is 147 Å². The Hall–Kier alpha value is -2.82. The lowest BCUT2D eigenvalue weighted by Crippen LogP contribution is -2.29. The molecular formula is C20H22N4O. The topological polar surface area (TPSA) is 43.1 Å². The van der Waals surface area contributed by atoms with Crippen molar-refractivity contribution in [1.29, 1.82) is 0 Å². The molecule has 0 unspecified atom stereocenters. The Kier molecular flexibility index (Phi) is 3.92. The number of hydrogen-bond acceptors (Lipinski definition) is 2. The Morgan fingerprint density at radius 1 is 1.08 bits per heavy atom. The normalized spacial score (nSPS) is 14.2. The first-order valence-corrected chi connectivity index (χ1v) is 8.71. The Balaban J connectivity index is 1.84. The molecule has 1 aliphatic rings. The lowest BCUT2D eigenvalue weighted by atomic mass is 10.2. The van der Waals surface area contributed by atoms with Gasteiger partial charge in [-0.1, -0.05) is 12.1 Å². The van der Waals surface area contributed by atoms with E-state index in [1.165, 1.54) is 0 Å². The molecule has 4 rings (SSSR count). The van der Waals surface area contributed by atoms with Crippen LogP contribution in [0.1, 0.15) is 28.9 Å². The molecule has 1 amide bonds. The quantitative estimate of drug-likeness (QED) is 0.736. The van der Waals surface area contributed by atoms with Crippen molar-refractivity contribution in [1.82, 2.24) is 19.2 Å². The maximum atomic E-state index is 13.1. The second kappa shape index (κ2) is 6.24. The van der Waals surface area contributed by atoms with Crippen molar-refractivity contribution in [3.8, 4) is 17.1 Å². The molecule has 5 heteroatoms. The number of aromatic nitrogens is 3. The molecule has 0 saturated carbocycles. The van der Waals surface area contributed by atoms with Gasteiger partial charge in [0, 0.05) is 26.3 Å². The van der Waals surface area contributed by atoms with Crippen molar-refractivity contribution >= 4 is 5.91 Å². The van der Waals surface area contributed by atoms with Crippen LogP contribution >= 0.6 is 0 Å². The van der Waals surface area contributed by atoms with E-state index in [0.29, 0.717) is 5.69 Å². The predicted octanol–water partition coefficient (Wildman–Crippen LogP) is 3.42. The van der Waals surface area contributed by atoms with Gasteiger partial charge in [-0.15, -0.1) is 0 Å². The van der Waals surface area contributed by atoms with E-state index < -0.39 is 0 Å². The van der Waals surface area contributed by atoms with Crippen LogP contribution in [-0.2, 0) is 7.05 Å². The molecule has 1 saturated heterocycles. The summed E-state index contributed by atoms with van der Waals surface area (Å²) in [6, 6.07) is 14.0. The maximum Gasteiger partial charge on any atom is 0.272 e. The number of rotatable bonds is 3. The van der Waals surface area contributed by atoms with Crippen molar-refractivity contribution < 1.29 is 4.79 Å². The fraction of sp³-hybridized carbons (Fsp3) is 0.300. The van der Waals surface area contributed by atoms with Crippen LogP contribution in [-0.4, -0.2) is 38.2 Å². The average molecular weight is 334 g/mol. The van der Waals surface area contributed by atoms with Gasteiger partial charge in [0.1, 0.15) is 11.4 Å². The monoisotopic (exact) mass is 334 g/mol. The minimum absolute atomic E-state index is 0.0620. The van der Waals surface area contributed by atoms with E-state index in [4.69, 9.17) is 5.10 Å². The summed E-state index contributed by atoms with van der Waals surface area (Å²) in [7, 11) is 1.99. The highest BCUT2D eigenvalue weighted by atomic mass is 16.2. The van der Waals surface area contributed by atoms with Gasteiger partial charge in [-0.05, 0) is 55.7 Å². The summed E-state index contributed by atoms with van der Waals surface area (Å²) in [5.74, 6) is 0.0620. The summed E-state index contributed by atoms with van der Waals surface area (Å²) < 4.78 is 3.81. The molecule has 1 aliphatic heterocycles. The number of carbonyl (C=O) groups is 1. The second-order valence-electron chi connectivity index (χ2n) is 6.67. The first kappa shape index (κ1) is 15.7. The number of aryl methyl sites for hydroxylation is 2. The van der Waals surface area contributed by atoms with Gasteiger partial charge in [0.05, 0.1) is 11.4 Å². The summed E-state index contributed by atoms with van der Waals surface area (Å²) in [6.07, 6.45) is 4.15. The molecule has 0 N–H and O–H groups in total. The minimum Gasteiger partial charge on any atom is -0.349 e. The van der Waals surface area contributed by atoms with E-state index in [9.17, 15) is 4.79 Å². The van der Waals surface area contributed by atoms with Gasteiger partial charge in [0.25, 0.3) is 5.91 Å². The molecule has 1 fully saturated rings. The van der Waals surface area contributed by atoms with Crippen LogP contribution in [0, 0.1) is 6.92 Å². The van der Waals surface area contributed by atoms with E-state index in [1.54, 1.807) is 4.68 Å². The van der Waals surface area contributed by atoms with Gasteiger partial charge in [-0.3, -0.25) is 4.79 Å². The minimum atomic E-state index is 0.0620. The fourth-order valence-electron chi connectivity index (χ4n) is 3.42. The molecule has 0 atom stereocenters. The summed E-state index contributed by atoms with van der Waals surface area (Å²) in [5.41, 5.74) is 4.51. The third-order valence-electron chi connectivity index (χ3n) is 4.77. The van der Waals surface area contributed by atoms with E-state index in [0.717, 1.165) is 48.6 Å². The fourth-order valence-corrected chi connectivity index (χ4v) is 3.42. The number of likely N-dealkylation sites (tertiary alicyclic amines) is 1. The van der Waals surface area contributed by atoms with Crippen molar-refractivity contribution in [3.05, 3.63) is 59.9 Å². The van der Waals surface area contributed by atoms with Gasteiger partial charge in [0.2, 0.25) is 0 Å². The summed E-state index contributed by atoms with van der Waals surface area (Å²) in [4.78, 5) is 15.0. The molecule has 0 radical (unpaired) electrons. The summed E-state index contributed by atoms with van der Waals surface area (Å²) in [6.45, 7) is 3.71. The largest absolute Gasteiger partial charge is 0.349 e. The van der Waals surface area contributed by atoms with E-state index in [1.807, 2.05) is 66.0 Å². The van der Waals surface area contributed by atoms with E-state index in [2.05, 4.69) is 6.07 Å². The van der Waals surface area contributed by atoms with Crippen LogP contribution in [0.25, 0.3) is 17.1 Å². The van der Waals surface area contributed by atoms with E-state index in [-0.39, 0.29) is 5.91 Å². The average Bonchev–Trinajstić information content (AvgIpc) is 3.34. The van der Waals surface area contributed by atoms with Gasteiger partial charge in [-0.2, -0.15) is 5.10 Å². The molecule has 3 heterocycles. The number of hydrogen-bond donors (Lipinski definition) is 0. The molecule has 3 aromatic rings. The molecule has 1 aromatic carbocycles. The molecule has 2 aromatic heterocycles. The van der Waals surface area contributed by atoms with Crippen LogP contribution in [0.5, 0.6) is 0 Å². The molecular weight excluding hydrogens is 312 g/mol. The van der Waals surface area contributed by atoms with E-state index >= 15 is 0 Å². The molecule has 0 bridgehead atoms. The number of benzene rings is 1. The van der Waals surface area contributed by atoms with Crippen LogP contribution in [0.15, 0.2) is 48.7 Å². The molecule has 25 heavy (non-hydrogen) atoms. The van der Waals surface area contributed by atoms with Crippen molar-refractivity contribution in [2.45, 2.75) is 19.8 Å². The van der Waals surface area contributed by atoms with Crippen LogP contribution in [0.3, 0.4) is 0 Å². The predicted molar refractivity (Wildman–Crippen MR) is 97.8 cm³/mol. The maximum absolute atomic E-state index is 13.1. The Bertz CT molecular complexity index is 915. The first-order chi connectivity index (χ1) is 12.1. The zero-order valence-corrected chi connectivity index (χ0v) is 14.6. The standard InChI is InChI=1S/C20H22N4O/c1-15-7-5-8-16(13-15)24-19(20(25)23-11-3-4-12-23)14-17(21-24)18-9-6-10-22(18)2/h5-10,13-14H,3-4,11-12H2,1-2H3. The van der Waals surface area contributed by atoms with Gasteiger partial charge in [0.15, 0.2) is 0 Å². The third kappa shape index (κ3) is 2.86. The summed E-state index contributed by atoms with van der Waals surface area (Å²) in [5, 5.41) is 4.77. The van der Waals surface area contributed by atoms with Crippen LogP contribution in [0.4, 0.5) is 0 Å². The second-order valence-corrected chi connectivity index (χ2v) is 6.67. The van der Waals surface area contributed by atoms with Crippen LogP contribution in [0.2, 0.25) is 0 Å². The highest BCUT2D eigenvalue weighted by molar-refractivity contribution is 5.94. The van der Waals surface area contributed by atoms with Crippen molar-refractivity contribution in [2.24, 2.45) is 7.05 Å². The highest BCUT2D eigenvalue weighted by Crippen LogP contribution is 2.24. The number of nitrogens with zero attached hydrogens (tertiary/aromatic N) is 4. The van der Waals surface area contributed by atoms with Crippen molar-refractivity contribution in [3.63, 3.8) is 0 Å². The Morgan fingerprint density at radius 2 is 1.88 bits per heavy atom. The lowest BCUT2D eigenvalue weighted by Gasteiger charge is -2.16. The Morgan fingerprint density at radius 3 is 2.56 bits per heavy atom. The third-order valence-corrected chi connectivity index (χ3v) is 4.77. The molecule has 0 aliphatic carbocycles. The van der Waals surface area contributed by atoms with Gasteiger partial charge in [-0.25, -0.2) is 4.68 Å². The first-order valence-electron chi connectivity index (χ1n) is 8.71. The molecule has 0 spiro atoms. The SMILES string of the molecule is Cc1cccc(-n2nc(-c3cccn3C)cc2C(=O)N2CCCC2)c1. The molecule has 5 nitrogen and oxygen atoms in total. The van der Waals surface area contributed by atoms with Crippen LogP contribution < -0.4 is 0 Å². The highest BCUT2D eigenvalue weighted by Gasteiger charge is 2.25. The number of amides is 1. The smallest absolute Gasteiger partial charge is 0.272 e. The number of carbonyl (C=O) groups excluding carboxylic acids is 1.